The second kappa shape index (κ2) is 4.48. The van der Waals surface area contributed by atoms with Crippen molar-refractivity contribution in [2.75, 3.05) is 11.8 Å². The van der Waals surface area contributed by atoms with Gasteiger partial charge in [0.2, 0.25) is 6.29 Å². The molecule has 0 saturated carbocycles. The van der Waals surface area contributed by atoms with Crippen LogP contribution in [0.5, 0.6) is 0 Å². The predicted octanol–water partition coefficient (Wildman–Crippen LogP) is 0.315. The van der Waals surface area contributed by atoms with Gasteiger partial charge in [0, 0.05) is 0 Å². The molecule has 2 N–H and O–H groups in total. The maximum atomic E-state index is 10.5. The monoisotopic (exact) mass is 225 g/mol. The summed E-state index contributed by atoms with van der Waals surface area (Å²) in [6.45, 7) is 0.0802. The molecule has 1 aromatic rings. The van der Waals surface area contributed by atoms with Gasteiger partial charge in [-0.1, -0.05) is 12.1 Å². The van der Waals surface area contributed by atoms with Gasteiger partial charge >= 0.3 is 5.97 Å². The van der Waals surface area contributed by atoms with E-state index in [0.29, 0.717) is 11.3 Å². The zero-order chi connectivity index (χ0) is 11.5. The molecule has 1 heterocycles. The van der Waals surface area contributed by atoms with Crippen LogP contribution in [0.15, 0.2) is 24.3 Å². The van der Waals surface area contributed by atoms with Gasteiger partial charge in [-0.05, 0) is 17.7 Å². The zero-order valence-corrected chi connectivity index (χ0v) is 8.37. The van der Waals surface area contributed by atoms with E-state index in [0.717, 1.165) is 5.23 Å². The number of carbonyl (C=O) groups is 1. The Hall–Kier alpha value is -1.63. The SMILES string of the molecule is O=C(O)Cc1ccc(N2OCC(O)O2)cc1. The summed E-state index contributed by atoms with van der Waals surface area (Å²) in [5.41, 5.74) is 1.29. The third kappa shape index (κ3) is 2.48. The van der Waals surface area contributed by atoms with Crippen molar-refractivity contribution in [1.29, 1.82) is 0 Å². The summed E-state index contributed by atoms with van der Waals surface area (Å²) in [6, 6.07) is 6.66. The van der Waals surface area contributed by atoms with Crippen molar-refractivity contribution in [2.45, 2.75) is 12.7 Å². The van der Waals surface area contributed by atoms with E-state index in [9.17, 15) is 4.79 Å². The summed E-state index contributed by atoms with van der Waals surface area (Å²) in [4.78, 5) is 20.4. The van der Waals surface area contributed by atoms with Crippen molar-refractivity contribution in [2.24, 2.45) is 0 Å². The number of aliphatic carboxylic acids is 1. The molecule has 0 spiro atoms. The average molecular weight is 225 g/mol. The summed E-state index contributed by atoms with van der Waals surface area (Å²) < 4.78 is 0. The predicted molar refractivity (Wildman–Crippen MR) is 53.3 cm³/mol. The Morgan fingerprint density at radius 1 is 1.44 bits per heavy atom. The Morgan fingerprint density at radius 2 is 2.12 bits per heavy atom. The van der Waals surface area contributed by atoms with Crippen LogP contribution in [0.1, 0.15) is 5.56 Å². The lowest BCUT2D eigenvalue weighted by Gasteiger charge is -2.13. The first kappa shape index (κ1) is 10.9. The molecule has 0 radical (unpaired) electrons. The highest BCUT2D eigenvalue weighted by atomic mass is 17.0. The molecule has 1 aromatic carbocycles. The van der Waals surface area contributed by atoms with E-state index in [4.69, 9.17) is 19.9 Å². The lowest BCUT2D eigenvalue weighted by Crippen LogP contribution is -2.16. The number of benzene rings is 1. The highest BCUT2D eigenvalue weighted by molar-refractivity contribution is 5.70. The lowest BCUT2D eigenvalue weighted by molar-refractivity contribution is -0.136. The second-order valence-electron chi connectivity index (χ2n) is 3.35. The Bertz CT molecular complexity index is 377. The minimum atomic E-state index is -0.960. The molecule has 6 nitrogen and oxygen atoms in total. The molecule has 86 valence electrons. The number of carboxylic acid groups (broad SMARTS) is 1. The molecule has 0 amide bonds. The van der Waals surface area contributed by atoms with Gasteiger partial charge in [0.05, 0.1) is 12.1 Å². The van der Waals surface area contributed by atoms with Crippen molar-refractivity contribution >= 4 is 11.7 Å². The molecule has 1 aliphatic rings. The molecular formula is C10H11NO5. The van der Waals surface area contributed by atoms with Crippen LogP contribution in [0.3, 0.4) is 0 Å². The largest absolute Gasteiger partial charge is 0.481 e. The Balaban J connectivity index is 2.04. The summed E-state index contributed by atoms with van der Waals surface area (Å²) >= 11 is 0. The third-order valence-corrected chi connectivity index (χ3v) is 2.05. The fourth-order valence-corrected chi connectivity index (χ4v) is 1.35. The Kier molecular flexibility index (Phi) is 3.04. The van der Waals surface area contributed by atoms with Gasteiger partial charge in [0.1, 0.15) is 6.61 Å². The molecule has 16 heavy (non-hydrogen) atoms. The molecule has 0 aromatic heterocycles. The molecule has 6 heteroatoms. The number of aliphatic hydroxyl groups is 1. The van der Waals surface area contributed by atoms with Gasteiger partial charge in [0.15, 0.2) is 0 Å². The van der Waals surface area contributed by atoms with Gasteiger partial charge in [-0.25, -0.2) is 9.68 Å². The normalized spacial score (nSPS) is 20.1. The van der Waals surface area contributed by atoms with E-state index in [2.05, 4.69) is 0 Å². The van der Waals surface area contributed by atoms with E-state index in [-0.39, 0.29) is 13.0 Å². The van der Waals surface area contributed by atoms with E-state index < -0.39 is 12.3 Å². The number of nitrogens with zero attached hydrogens (tertiary/aromatic N) is 1. The smallest absolute Gasteiger partial charge is 0.307 e. The fourth-order valence-electron chi connectivity index (χ4n) is 1.35. The number of rotatable bonds is 3. The molecule has 1 atom stereocenters. The standard InChI is InChI=1S/C10H11NO5/c12-9(13)5-7-1-3-8(4-2-7)11-15-6-10(14)16-11/h1-4,10,14H,5-6H2,(H,12,13). The maximum Gasteiger partial charge on any atom is 0.307 e. The van der Waals surface area contributed by atoms with Gasteiger partial charge in [-0.15, -0.1) is 5.23 Å². The summed E-state index contributed by atoms with van der Waals surface area (Å²) in [5.74, 6) is -0.878. The molecule has 1 saturated heterocycles. The van der Waals surface area contributed by atoms with Crippen LogP contribution in [0, 0.1) is 0 Å². The number of hydrogen-bond donors (Lipinski definition) is 2. The lowest BCUT2D eigenvalue weighted by atomic mass is 10.1. The number of carboxylic acids is 1. The first-order valence-corrected chi connectivity index (χ1v) is 4.74. The summed E-state index contributed by atoms with van der Waals surface area (Å²) in [7, 11) is 0. The molecule has 1 fully saturated rings. The number of anilines is 1. The molecule has 2 rings (SSSR count). The van der Waals surface area contributed by atoms with Crippen molar-refractivity contribution in [1.82, 2.24) is 0 Å². The molecule has 1 unspecified atom stereocenters. The van der Waals surface area contributed by atoms with E-state index >= 15 is 0 Å². The second-order valence-corrected chi connectivity index (χ2v) is 3.35. The van der Waals surface area contributed by atoms with Gasteiger partial charge in [-0.2, -0.15) is 0 Å². The fraction of sp³-hybridized carbons (Fsp3) is 0.300. The van der Waals surface area contributed by atoms with Crippen molar-refractivity contribution in [3.05, 3.63) is 29.8 Å². The molecule has 0 aliphatic carbocycles. The third-order valence-electron chi connectivity index (χ3n) is 2.05. The highest BCUT2D eigenvalue weighted by Crippen LogP contribution is 2.20. The molecular weight excluding hydrogens is 214 g/mol. The van der Waals surface area contributed by atoms with E-state index in [1.54, 1.807) is 24.3 Å². The van der Waals surface area contributed by atoms with E-state index in [1.807, 2.05) is 0 Å². The molecule has 0 bridgehead atoms. The Morgan fingerprint density at radius 3 is 2.62 bits per heavy atom. The van der Waals surface area contributed by atoms with Crippen LogP contribution in [0.25, 0.3) is 0 Å². The maximum absolute atomic E-state index is 10.5. The summed E-state index contributed by atoms with van der Waals surface area (Å²) in [5, 5.41) is 18.8. The van der Waals surface area contributed by atoms with Crippen LogP contribution in [0.2, 0.25) is 0 Å². The number of aliphatic hydroxyl groups excluding tert-OH is 1. The van der Waals surface area contributed by atoms with Crippen LogP contribution in [-0.4, -0.2) is 29.1 Å². The average Bonchev–Trinajstić information content (AvgIpc) is 2.65. The van der Waals surface area contributed by atoms with E-state index in [1.165, 1.54) is 0 Å². The van der Waals surface area contributed by atoms with Gasteiger partial charge in [0.25, 0.3) is 0 Å². The van der Waals surface area contributed by atoms with Crippen molar-refractivity contribution in [3.8, 4) is 0 Å². The Labute approximate surface area is 91.5 Å². The minimum Gasteiger partial charge on any atom is -0.481 e. The number of hydrogen-bond acceptors (Lipinski definition) is 5. The van der Waals surface area contributed by atoms with Gasteiger partial charge in [-0.3, -0.25) is 4.79 Å². The first-order valence-electron chi connectivity index (χ1n) is 4.74. The van der Waals surface area contributed by atoms with Crippen LogP contribution in [0.4, 0.5) is 5.69 Å². The topological polar surface area (TPSA) is 79.2 Å². The molecule has 1 aliphatic heterocycles. The van der Waals surface area contributed by atoms with Gasteiger partial charge < -0.3 is 10.2 Å². The van der Waals surface area contributed by atoms with Crippen molar-refractivity contribution < 1.29 is 24.7 Å². The van der Waals surface area contributed by atoms with Crippen LogP contribution >= 0.6 is 0 Å². The van der Waals surface area contributed by atoms with Crippen LogP contribution in [-0.2, 0) is 20.9 Å². The first-order chi connectivity index (χ1) is 7.65. The van der Waals surface area contributed by atoms with Crippen molar-refractivity contribution in [3.63, 3.8) is 0 Å². The van der Waals surface area contributed by atoms with Crippen LogP contribution < -0.4 is 5.23 Å². The quantitative estimate of drug-likeness (QED) is 0.771. The highest BCUT2D eigenvalue weighted by Gasteiger charge is 2.22. The minimum absolute atomic E-state index is 0.0232. The zero-order valence-electron chi connectivity index (χ0n) is 8.37. The summed E-state index contributed by atoms with van der Waals surface area (Å²) in [6.07, 6.45) is -0.983.